The molecule has 6 aromatic rings. The summed E-state index contributed by atoms with van der Waals surface area (Å²) >= 11 is 0. The molecule has 0 spiro atoms. The Hall–Kier alpha value is -6.68. The molecule has 6 aromatic carbocycles. The molecule has 0 aliphatic heterocycles. The van der Waals surface area contributed by atoms with Gasteiger partial charge in [0.2, 0.25) is 0 Å². The van der Waals surface area contributed by atoms with Gasteiger partial charge in [0.25, 0.3) is 0 Å². The van der Waals surface area contributed by atoms with E-state index in [0.717, 1.165) is 78.0 Å². The fraction of sp³-hybridized carbons (Fsp3) is 0.429. The maximum absolute atomic E-state index is 13.0. The molecule has 10 nitrogen and oxygen atoms in total. The number of nitrogens with zero attached hydrogens (tertiary/aromatic N) is 2. The van der Waals surface area contributed by atoms with E-state index in [1.807, 2.05) is 60.7 Å². The maximum Gasteiger partial charge on any atom is 0.343 e. The van der Waals surface area contributed by atoms with Crippen molar-refractivity contribution in [2.24, 2.45) is 9.98 Å². The van der Waals surface area contributed by atoms with Crippen LogP contribution in [0.1, 0.15) is 181 Å². The number of phenols is 2. The minimum absolute atomic E-state index is 0.0126. The normalized spacial score (nSPS) is 11.5. The van der Waals surface area contributed by atoms with E-state index in [1.165, 1.54) is 102 Å². The van der Waals surface area contributed by atoms with Gasteiger partial charge in [-0.2, -0.15) is 0 Å². The van der Waals surface area contributed by atoms with Crippen molar-refractivity contribution >= 4 is 45.9 Å². The lowest BCUT2D eigenvalue weighted by Crippen LogP contribution is -2.08. The first-order chi connectivity index (χ1) is 35.8. The summed E-state index contributed by atoms with van der Waals surface area (Å²) in [6.45, 7) is 7.15. The lowest BCUT2D eigenvalue weighted by Gasteiger charge is -2.09. The molecule has 0 heterocycles. The molecule has 0 radical (unpaired) electrons. The van der Waals surface area contributed by atoms with Crippen molar-refractivity contribution in [2.75, 3.05) is 26.3 Å². The number of carbonyl (C=O) groups is 2. The molecular formula is C63H78N2O8. The molecular weight excluding hydrogens is 913 g/mol. The third kappa shape index (κ3) is 19.7. The van der Waals surface area contributed by atoms with Gasteiger partial charge < -0.3 is 29.2 Å². The molecule has 0 saturated heterocycles. The Morgan fingerprint density at radius 3 is 1.14 bits per heavy atom. The zero-order chi connectivity index (χ0) is 51.3. The summed E-state index contributed by atoms with van der Waals surface area (Å²) in [5.74, 6) is 1.13. The Morgan fingerprint density at radius 2 is 0.740 bits per heavy atom. The van der Waals surface area contributed by atoms with Crippen LogP contribution in [0.2, 0.25) is 0 Å². The third-order valence-corrected chi connectivity index (χ3v) is 13.1. The lowest BCUT2D eigenvalue weighted by molar-refractivity contribution is 0.0725. The third-order valence-electron chi connectivity index (χ3n) is 13.1. The van der Waals surface area contributed by atoms with E-state index in [1.54, 1.807) is 48.8 Å². The number of hydrogen-bond acceptors (Lipinski definition) is 10. The molecule has 388 valence electrons. The van der Waals surface area contributed by atoms with Crippen molar-refractivity contribution in [3.63, 3.8) is 0 Å². The highest BCUT2D eigenvalue weighted by Crippen LogP contribution is 2.28. The van der Waals surface area contributed by atoms with Gasteiger partial charge in [0.15, 0.2) is 0 Å². The fourth-order valence-corrected chi connectivity index (χ4v) is 8.72. The molecule has 6 rings (SSSR count). The molecule has 2 N–H and O–H groups in total. The molecule has 0 aromatic heterocycles. The summed E-state index contributed by atoms with van der Waals surface area (Å²) < 4.78 is 23.2. The van der Waals surface area contributed by atoms with Crippen LogP contribution >= 0.6 is 0 Å². The number of benzene rings is 6. The number of rotatable bonds is 34. The summed E-state index contributed by atoms with van der Waals surface area (Å²) in [7, 11) is 0. The van der Waals surface area contributed by atoms with Gasteiger partial charge in [-0.05, 0) is 120 Å². The van der Waals surface area contributed by atoms with Crippen molar-refractivity contribution in [3.05, 3.63) is 131 Å². The Bertz CT molecular complexity index is 2510. The largest absolute Gasteiger partial charge is 0.507 e. The van der Waals surface area contributed by atoms with Gasteiger partial charge in [-0.3, -0.25) is 9.98 Å². The number of hydrogen-bond donors (Lipinski definition) is 2. The van der Waals surface area contributed by atoms with Crippen LogP contribution in [0.25, 0.3) is 21.5 Å². The monoisotopic (exact) mass is 991 g/mol. The molecule has 10 heteroatoms. The molecule has 0 fully saturated rings. The number of fused-ring (bicyclic) bond motifs is 2. The average Bonchev–Trinajstić information content (AvgIpc) is 3.39. The Morgan fingerprint density at radius 1 is 0.397 bits per heavy atom. The number of unbranched alkanes of at least 4 members (excludes halogenated alkanes) is 18. The number of esters is 2. The summed E-state index contributed by atoms with van der Waals surface area (Å²) in [5, 5.41) is 25.1. The van der Waals surface area contributed by atoms with Gasteiger partial charge in [-0.25, -0.2) is 9.59 Å². The van der Waals surface area contributed by atoms with Crippen LogP contribution in [0.3, 0.4) is 0 Å². The highest BCUT2D eigenvalue weighted by atomic mass is 16.5. The van der Waals surface area contributed by atoms with E-state index in [-0.39, 0.29) is 23.0 Å². The van der Waals surface area contributed by atoms with Crippen LogP contribution in [0.5, 0.6) is 34.5 Å². The summed E-state index contributed by atoms with van der Waals surface area (Å²) in [5.41, 5.74) is 1.94. The Kier molecular flexibility index (Phi) is 24.2. The van der Waals surface area contributed by atoms with E-state index in [2.05, 4.69) is 23.8 Å². The smallest absolute Gasteiger partial charge is 0.343 e. The predicted molar refractivity (Wildman–Crippen MR) is 298 cm³/mol. The second-order valence-corrected chi connectivity index (χ2v) is 19.2. The highest BCUT2D eigenvalue weighted by Gasteiger charge is 2.14. The van der Waals surface area contributed by atoms with E-state index < -0.39 is 11.9 Å². The quantitative estimate of drug-likeness (QED) is 0.0177. The summed E-state index contributed by atoms with van der Waals surface area (Å²) in [4.78, 5) is 35.0. The SMILES string of the molecule is CCCCCCCCCCOc1ccc2cc(C(=O)Oc3ccc(C=NCCCCCCCN=Cc4ccc(OC(=O)c5ccc6cc(OCCCCCCCCCC)ccc6c5)cc4O)c(O)c3)ccc2c1. The first kappa shape index (κ1) is 55.6. The van der Waals surface area contributed by atoms with Crippen LogP contribution in [0.4, 0.5) is 0 Å². The Balaban J connectivity index is 0.817. The molecule has 0 atom stereocenters. The molecule has 0 amide bonds. The summed E-state index contributed by atoms with van der Waals surface area (Å²) in [6.07, 6.45) is 28.3. The van der Waals surface area contributed by atoms with E-state index in [9.17, 15) is 19.8 Å². The topological polar surface area (TPSA) is 136 Å². The zero-order valence-electron chi connectivity index (χ0n) is 43.5. The molecule has 0 aliphatic rings. The van der Waals surface area contributed by atoms with Gasteiger partial charge in [-0.1, -0.05) is 147 Å². The molecule has 0 saturated carbocycles. The standard InChI is InChI=1S/C63H78N2O8/c1-3-5-7-9-11-13-18-22-38-70-56-32-28-48-40-52(26-24-50(48)42-56)62(68)72-58-34-30-54(60(66)44-58)46-64-36-20-16-15-17-21-37-65-47-55-31-35-59(45-61(55)67)73-63(69)53-27-25-51-43-57(33-29-49(51)41-53)71-39-23-19-14-12-10-8-6-4-2/h24-35,40-47,66-67H,3-23,36-39H2,1-2H3. The number of aromatic hydroxyl groups is 2. The van der Waals surface area contributed by atoms with Crippen molar-refractivity contribution in [1.29, 1.82) is 0 Å². The zero-order valence-corrected chi connectivity index (χ0v) is 43.5. The fourth-order valence-electron chi connectivity index (χ4n) is 8.72. The number of aliphatic imine (C=N–C) groups is 2. The minimum Gasteiger partial charge on any atom is -0.507 e. The van der Waals surface area contributed by atoms with Gasteiger partial charge >= 0.3 is 11.9 Å². The van der Waals surface area contributed by atoms with Crippen LogP contribution in [0.15, 0.2) is 119 Å². The maximum atomic E-state index is 13.0. The average molecular weight is 991 g/mol. The minimum atomic E-state index is -0.502. The number of ether oxygens (including phenoxy) is 4. The Labute approximate surface area is 433 Å². The molecule has 0 bridgehead atoms. The van der Waals surface area contributed by atoms with Crippen LogP contribution in [-0.2, 0) is 0 Å². The molecule has 0 aliphatic carbocycles. The van der Waals surface area contributed by atoms with Gasteiger partial charge in [0, 0.05) is 48.8 Å². The number of phenolic OH excluding ortho intramolecular Hbond substituents is 2. The second kappa shape index (κ2) is 31.7. The van der Waals surface area contributed by atoms with Gasteiger partial charge in [-0.15, -0.1) is 0 Å². The van der Waals surface area contributed by atoms with E-state index in [4.69, 9.17) is 18.9 Å². The first-order valence-electron chi connectivity index (χ1n) is 27.2. The predicted octanol–water partition coefficient (Wildman–Crippen LogP) is 16.4. The summed E-state index contributed by atoms with van der Waals surface area (Å²) in [6, 6.07) is 32.3. The van der Waals surface area contributed by atoms with Gasteiger partial charge in [0.05, 0.1) is 24.3 Å². The van der Waals surface area contributed by atoms with Crippen molar-refractivity contribution in [1.82, 2.24) is 0 Å². The van der Waals surface area contributed by atoms with E-state index in [0.29, 0.717) is 48.6 Å². The van der Waals surface area contributed by atoms with Crippen LogP contribution in [0, 0.1) is 0 Å². The number of carbonyl (C=O) groups excluding carboxylic acids is 2. The highest BCUT2D eigenvalue weighted by molar-refractivity contribution is 5.98. The van der Waals surface area contributed by atoms with Gasteiger partial charge in [0.1, 0.15) is 34.5 Å². The second-order valence-electron chi connectivity index (χ2n) is 19.2. The van der Waals surface area contributed by atoms with Crippen molar-refractivity contribution in [3.8, 4) is 34.5 Å². The van der Waals surface area contributed by atoms with E-state index >= 15 is 0 Å². The lowest BCUT2D eigenvalue weighted by atomic mass is 10.1. The molecule has 0 unspecified atom stereocenters. The molecule has 73 heavy (non-hydrogen) atoms. The van der Waals surface area contributed by atoms with Crippen molar-refractivity contribution in [2.45, 2.75) is 149 Å². The van der Waals surface area contributed by atoms with Crippen LogP contribution < -0.4 is 18.9 Å². The first-order valence-corrected chi connectivity index (χ1v) is 27.2. The van der Waals surface area contributed by atoms with Crippen molar-refractivity contribution < 1.29 is 38.7 Å². The van der Waals surface area contributed by atoms with Crippen LogP contribution in [-0.4, -0.2) is 60.9 Å².